The molecule has 34 heavy (non-hydrogen) atoms. The van der Waals surface area contributed by atoms with E-state index in [-0.39, 0.29) is 36.2 Å². The van der Waals surface area contributed by atoms with Crippen LogP contribution in [0.15, 0.2) is 18.2 Å². The number of carbonyl (C=O) groups is 4. The van der Waals surface area contributed by atoms with Gasteiger partial charge in [-0.25, -0.2) is 0 Å². The second-order valence-electron chi connectivity index (χ2n) is 9.85. The monoisotopic (exact) mass is 468 g/mol. The molecule has 0 aromatic heterocycles. The van der Waals surface area contributed by atoms with Gasteiger partial charge in [-0.05, 0) is 75.9 Å². The fourth-order valence-electron chi connectivity index (χ4n) is 5.71. The molecule has 3 atom stereocenters. The number of fused-ring (bicyclic) bond motifs is 1. The minimum Gasteiger partial charge on any atom is -0.491 e. The molecule has 3 fully saturated rings. The van der Waals surface area contributed by atoms with Gasteiger partial charge < -0.3 is 14.5 Å². The van der Waals surface area contributed by atoms with E-state index in [0.29, 0.717) is 30.9 Å². The Morgan fingerprint density at radius 3 is 2.71 bits per heavy atom. The van der Waals surface area contributed by atoms with Gasteiger partial charge in [-0.15, -0.1) is 0 Å². The summed E-state index contributed by atoms with van der Waals surface area (Å²) in [7, 11) is 2.02. The number of ether oxygens (including phenoxy) is 1. The Balaban J connectivity index is 1.23. The van der Waals surface area contributed by atoms with Crippen LogP contribution in [0.3, 0.4) is 0 Å². The predicted octanol–water partition coefficient (Wildman–Crippen LogP) is 1.30. The molecule has 1 N–H and O–H groups in total. The highest BCUT2D eigenvalue weighted by Gasteiger charge is 2.39. The van der Waals surface area contributed by atoms with Crippen molar-refractivity contribution in [1.82, 2.24) is 20.0 Å². The summed E-state index contributed by atoms with van der Waals surface area (Å²) in [6, 6.07) is 4.78. The first-order valence-electron chi connectivity index (χ1n) is 12.3. The van der Waals surface area contributed by atoms with Crippen molar-refractivity contribution in [1.29, 1.82) is 0 Å². The van der Waals surface area contributed by atoms with E-state index in [1.807, 2.05) is 18.0 Å². The Morgan fingerprint density at radius 2 is 1.94 bits per heavy atom. The second-order valence-corrected chi connectivity index (χ2v) is 9.85. The van der Waals surface area contributed by atoms with Crippen LogP contribution in [0.4, 0.5) is 0 Å². The molecule has 0 saturated carbocycles. The van der Waals surface area contributed by atoms with Gasteiger partial charge in [0.1, 0.15) is 18.4 Å². The summed E-state index contributed by atoms with van der Waals surface area (Å²) in [5.41, 5.74) is 1.38. The number of hydrogen-bond donors (Lipinski definition) is 1. The quantitative estimate of drug-likeness (QED) is 0.654. The molecule has 0 spiro atoms. The average Bonchev–Trinajstić information content (AvgIpc) is 3.40. The molecule has 1 aromatic carbocycles. The highest BCUT2D eigenvalue weighted by atomic mass is 16.5. The van der Waals surface area contributed by atoms with Gasteiger partial charge in [0.25, 0.3) is 5.91 Å². The lowest BCUT2D eigenvalue weighted by Crippen LogP contribution is -2.52. The molecule has 4 aliphatic rings. The lowest BCUT2D eigenvalue weighted by atomic mass is 10.0. The van der Waals surface area contributed by atoms with Crippen molar-refractivity contribution in [2.45, 2.75) is 69.6 Å². The summed E-state index contributed by atoms with van der Waals surface area (Å²) in [6.45, 7) is 2.48. The maximum Gasteiger partial charge on any atom is 0.255 e. The zero-order valence-corrected chi connectivity index (χ0v) is 19.6. The van der Waals surface area contributed by atoms with E-state index in [4.69, 9.17) is 4.74 Å². The molecule has 4 amide bonds. The Morgan fingerprint density at radius 1 is 1.09 bits per heavy atom. The number of nitrogens with zero attached hydrogens (tertiary/aromatic N) is 3. The van der Waals surface area contributed by atoms with E-state index in [1.165, 1.54) is 4.90 Å². The third-order valence-electron chi connectivity index (χ3n) is 7.65. The maximum absolute atomic E-state index is 13.2. The van der Waals surface area contributed by atoms with E-state index >= 15 is 0 Å². The first kappa shape index (κ1) is 22.8. The standard InChI is InChI=1S/C25H32N4O5/c1-27-11-4-6-21(27)25(33)28-12-3-2-5-17(28)15-34-18-7-8-19-16(13-18)14-29(24(19)32)20-9-10-22(30)26-23(20)31/h7-8,13,17,20-21H,2-6,9-12,14-15H2,1H3,(H,26,30,31)/t17-,20?,21-/m1/s1. The van der Waals surface area contributed by atoms with Crippen molar-refractivity contribution in [2.24, 2.45) is 0 Å². The number of piperidine rings is 2. The molecule has 5 rings (SSSR count). The van der Waals surface area contributed by atoms with Gasteiger partial charge in [-0.3, -0.25) is 29.4 Å². The van der Waals surface area contributed by atoms with Crippen molar-refractivity contribution in [3.8, 4) is 5.75 Å². The summed E-state index contributed by atoms with van der Waals surface area (Å²) in [5, 5.41) is 2.33. The number of nitrogens with one attached hydrogen (secondary N) is 1. The largest absolute Gasteiger partial charge is 0.491 e. The van der Waals surface area contributed by atoms with Crippen LogP contribution in [-0.2, 0) is 20.9 Å². The fourth-order valence-corrected chi connectivity index (χ4v) is 5.71. The third-order valence-corrected chi connectivity index (χ3v) is 7.65. The molecule has 9 nitrogen and oxygen atoms in total. The average molecular weight is 469 g/mol. The number of hydrogen-bond acceptors (Lipinski definition) is 6. The molecule has 4 heterocycles. The first-order chi connectivity index (χ1) is 16.4. The van der Waals surface area contributed by atoms with Crippen LogP contribution in [0.1, 0.15) is 60.9 Å². The molecule has 3 saturated heterocycles. The van der Waals surface area contributed by atoms with Crippen LogP contribution in [0, 0.1) is 0 Å². The molecule has 9 heteroatoms. The maximum atomic E-state index is 13.2. The van der Waals surface area contributed by atoms with Crippen molar-refractivity contribution < 1.29 is 23.9 Å². The summed E-state index contributed by atoms with van der Waals surface area (Å²) in [4.78, 5) is 55.5. The highest BCUT2D eigenvalue weighted by molar-refractivity contribution is 6.05. The number of likely N-dealkylation sites (tertiary alicyclic amines) is 2. The molecular formula is C25H32N4O5. The van der Waals surface area contributed by atoms with Gasteiger partial charge in [0.2, 0.25) is 17.7 Å². The van der Waals surface area contributed by atoms with E-state index < -0.39 is 11.9 Å². The molecule has 1 aromatic rings. The van der Waals surface area contributed by atoms with Gasteiger partial charge in [-0.2, -0.15) is 0 Å². The van der Waals surface area contributed by atoms with Crippen molar-refractivity contribution in [3.63, 3.8) is 0 Å². The van der Waals surface area contributed by atoms with E-state index in [2.05, 4.69) is 10.2 Å². The fraction of sp³-hybridized carbons (Fsp3) is 0.600. The zero-order chi connectivity index (χ0) is 23.8. The summed E-state index contributed by atoms with van der Waals surface area (Å²) in [6.07, 6.45) is 5.59. The number of amides is 4. The Bertz CT molecular complexity index is 1010. The number of carbonyl (C=O) groups excluding carboxylic acids is 4. The normalized spacial score (nSPS) is 27.7. The first-order valence-corrected chi connectivity index (χ1v) is 12.3. The SMILES string of the molecule is CN1CCC[C@@H]1C(=O)N1CCCC[C@@H]1COc1ccc2c(c1)CN(C1CCC(=O)NC1=O)C2=O. The minimum absolute atomic E-state index is 0.0233. The minimum atomic E-state index is -0.627. The van der Waals surface area contributed by atoms with Crippen LogP contribution < -0.4 is 10.1 Å². The molecular weight excluding hydrogens is 436 g/mol. The summed E-state index contributed by atoms with van der Waals surface area (Å²) in [5.74, 6) is -0.0269. The predicted molar refractivity (Wildman–Crippen MR) is 123 cm³/mol. The smallest absolute Gasteiger partial charge is 0.255 e. The van der Waals surface area contributed by atoms with Crippen molar-refractivity contribution in [3.05, 3.63) is 29.3 Å². The number of imide groups is 1. The van der Waals surface area contributed by atoms with Crippen LogP contribution in [0.5, 0.6) is 5.75 Å². The number of benzene rings is 1. The van der Waals surface area contributed by atoms with Crippen LogP contribution in [0.25, 0.3) is 0 Å². The van der Waals surface area contributed by atoms with E-state index in [1.54, 1.807) is 12.1 Å². The van der Waals surface area contributed by atoms with Crippen LogP contribution >= 0.6 is 0 Å². The summed E-state index contributed by atoms with van der Waals surface area (Å²) < 4.78 is 6.13. The topological polar surface area (TPSA) is 99.3 Å². The molecule has 0 radical (unpaired) electrons. The van der Waals surface area contributed by atoms with Gasteiger partial charge >= 0.3 is 0 Å². The molecule has 182 valence electrons. The van der Waals surface area contributed by atoms with Gasteiger partial charge in [0.05, 0.1) is 12.1 Å². The molecule has 1 unspecified atom stereocenters. The lowest BCUT2D eigenvalue weighted by molar-refractivity contribution is -0.140. The van der Waals surface area contributed by atoms with Gasteiger partial charge in [0.15, 0.2) is 0 Å². The van der Waals surface area contributed by atoms with Crippen LogP contribution in [-0.4, -0.2) is 83.2 Å². The van der Waals surface area contributed by atoms with Crippen molar-refractivity contribution >= 4 is 23.6 Å². The second kappa shape index (κ2) is 9.37. The number of likely N-dealkylation sites (N-methyl/N-ethyl adjacent to an activating group) is 1. The molecule has 0 aliphatic carbocycles. The molecule has 0 bridgehead atoms. The van der Waals surface area contributed by atoms with Crippen LogP contribution in [0.2, 0.25) is 0 Å². The molecule has 4 aliphatic heterocycles. The van der Waals surface area contributed by atoms with Gasteiger partial charge in [-0.1, -0.05) is 0 Å². The Labute approximate surface area is 199 Å². The zero-order valence-electron chi connectivity index (χ0n) is 19.6. The van der Waals surface area contributed by atoms with Gasteiger partial charge in [0, 0.05) is 25.1 Å². The number of rotatable bonds is 5. The lowest BCUT2D eigenvalue weighted by Gasteiger charge is -2.38. The third kappa shape index (κ3) is 4.29. The van der Waals surface area contributed by atoms with E-state index in [0.717, 1.165) is 50.8 Å². The summed E-state index contributed by atoms with van der Waals surface area (Å²) >= 11 is 0. The Kier molecular flexibility index (Phi) is 6.29. The highest BCUT2D eigenvalue weighted by Crippen LogP contribution is 2.31. The van der Waals surface area contributed by atoms with Crippen molar-refractivity contribution in [2.75, 3.05) is 26.7 Å². The Hall–Kier alpha value is -2.94. The van der Waals surface area contributed by atoms with E-state index in [9.17, 15) is 19.2 Å².